The molecule has 0 fully saturated rings. The first-order valence-electron chi connectivity index (χ1n) is 6.00. The van der Waals surface area contributed by atoms with E-state index >= 15 is 0 Å². The van der Waals surface area contributed by atoms with E-state index in [-0.39, 0.29) is 98.1 Å². The summed E-state index contributed by atoms with van der Waals surface area (Å²) in [6, 6.07) is 0. The largest absolute Gasteiger partial charge is 0.360 e. The van der Waals surface area contributed by atoms with E-state index in [0.29, 0.717) is 0 Å². The molecule has 95 valence electrons. The van der Waals surface area contributed by atoms with Crippen LogP contribution < -0.4 is 0 Å². The molecular weight excluding hydrogens is 435 g/mol. The van der Waals surface area contributed by atoms with Crippen LogP contribution in [0.2, 0.25) is 0 Å². The maximum Gasteiger partial charge on any atom is 0 e. The van der Waals surface area contributed by atoms with Crippen LogP contribution in [0.15, 0.2) is 0 Å². The smallest absolute Gasteiger partial charge is 0 e. The van der Waals surface area contributed by atoms with Crippen molar-refractivity contribution in [2.24, 2.45) is 5.92 Å². The molecule has 0 heterocycles. The minimum absolute atomic E-state index is 0. The zero-order valence-electron chi connectivity index (χ0n) is 12.4. The summed E-state index contributed by atoms with van der Waals surface area (Å²) in [5, 5.41) is 0. The molecule has 17 heavy (non-hydrogen) atoms. The van der Waals surface area contributed by atoms with Gasteiger partial charge in [-0.05, 0) is 0 Å². The Morgan fingerprint density at radius 3 is 1.88 bits per heavy atom. The van der Waals surface area contributed by atoms with Crippen molar-refractivity contribution in [3.63, 3.8) is 0 Å². The van der Waals surface area contributed by atoms with Gasteiger partial charge in [-0.2, -0.15) is 40.0 Å². The standard InChI is InChI=1S/C14H27.3Y/c1-6-8-12(3)10-14(5)11-13(4)9-7-2;;;/h6,14H,7-11H2,1-5H3;;;/q-3;;;. The SMILES string of the molecule is C[CH-]C[C-](C)CC(C)C[C-](C)CCC.[Y].[Y].[Y]. The average molecular weight is 462 g/mol. The zero-order chi connectivity index (χ0) is 11.0. The van der Waals surface area contributed by atoms with Crippen LogP contribution in [0.25, 0.3) is 0 Å². The Bertz CT molecular complexity index is 115. The maximum atomic E-state index is 2.37. The Kier molecular flexibility index (Phi) is 32.3. The molecule has 0 aliphatic heterocycles. The quantitative estimate of drug-likeness (QED) is 0.446. The summed E-state index contributed by atoms with van der Waals surface area (Å²) in [5.74, 6) is 4.14. The predicted molar refractivity (Wildman–Crippen MR) is 65.7 cm³/mol. The third-order valence-electron chi connectivity index (χ3n) is 2.62. The normalized spacial score (nSPS) is 11.5. The number of hydrogen-bond donors (Lipinski definition) is 0. The molecule has 0 aliphatic rings. The van der Waals surface area contributed by atoms with Crippen LogP contribution in [0, 0.1) is 24.2 Å². The molecule has 0 aromatic heterocycles. The molecule has 3 heteroatoms. The van der Waals surface area contributed by atoms with Crippen molar-refractivity contribution in [3.05, 3.63) is 18.3 Å². The van der Waals surface area contributed by atoms with E-state index in [4.69, 9.17) is 0 Å². The second-order valence-electron chi connectivity index (χ2n) is 4.79. The van der Waals surface area contributed by atoms with Gasteiger partial charge < -0.3 is 24.7 Å². The second-order valence-corrected chi connectivity index (χ2v) is 4.79. The molecule has 0 rings (SSSR count). The van der Waals surface area contributed by atoms with Gasteiger partial charge in [0.2, 0.25) is 0 Å². The fourth-order valence-corrected chi connectivity index (χ4v) is 2.22. The van der Waals surface area contributed by atoms with E-state index in [9.17, 15) is 0 Å². The molecule has 0 nitrogen and oxygen atoms in total. The molecular formula is C14H27Y3-3. The van der Waals surface area contributed by atoms with Crippen molar-refractivity contribution in [1.29, 1.82) is 0 Å². The molecule has 0 aromatic rings. The molecule has 0 spiro atoms. The van der Waals surface area contributed by atoms with E-state index in [1.54, 1.807) is 11.8 Å². The average Bonchev–Trinajstić information content (AvgIpc) is 2.03. The maximum absolute atomic E-state index is 2.37. The van der Waals surface area contributed by atoms with Gasteiger partial charge in [-0.1, -0.05) is 26.2 Å². The molecule has 0 saturated carbocycles. The predicted octanol–water partition coefficient (Wildman–Crippen LogP) is 5.00. The topological polar surface area (TPSA) is 0 Å². The van der Waals surface area contributed by atoms with Gasteiger partial charge in [0.1, 0.15) is 0 Å². The van der Waals surface area contributed by atoms with Crippen molar-refractivity contribution in [2.75, 3.05) is 0 Å². The van der Waals surface area contributed by atoms with Gasteiger partial charge in [0.15, 0.2) is 0 Å². The Morgan fingerprint density at radius 1 is 1.00 bits per heavy atom. The van der Waals surface area contributed by atoms with Gasteiger partial charge in [0, 0.05) is 98.1 Å². The van der Waals surface area contributed by atoms with Gasteiger partial charge in [-0.25, -0.2) is 0 Å². The Labute approximate surface area is 186 Å². The summed E-state index contributed by atoms with van der Waals surface area (Å²) in [7, 11) is 0. The Hall–Kier alpha value is 3.31. The van der Waals surface area contributed by atoms with Crippen LogP contribution in [0.1, 0.15) is 66.7 Å². The van der Waals surface area contributed by atoms with Crippen LogP contribution in [0.3, 0.4) is 0 Å². The van der Waals surface area contributed by atoms with Crippen molar-refractivity contribution in [1.82, 2.24) is 0 Å². The van der Waals surface area contributed by atoms with Crippen LogP contribution >= 0.6 is 0 Å². The van der Waals surface area contributed by atoms with E-state index in [1.165, 1.54) is 32.1 Å². The van der Waals surface area contributed by atoms with Gasteiger partial charge in [0.25, 0.3) is 0 Å². The van der Waals surface area contributed by atoms with Crippen LogP contribution in [0.5, 0.6) is 0 Å². The summed E-state index contributed by atoms with van der Waals surface area (Å²) >= 11 is 0. The van der Waals surface area contributed by atoms with Crippen molar-refractivity contribution in [3.8, 4) is 0 Å². The zero-order valence-corrected chi connectivity index (χ0v) is 20.9. The molecule has 3 radical (unpaired) electrons. The van der Waals surface area contributed by atoms with Gasteiger partial charge >= 0.3 is 0 Å². The van der Waals surface area contributed by atoms with Gasteiger partial charge in [-0.15, -0.1) is 0 Å². The molecule has 0 N–H and O–H groups in total. The summed E-state index contributed by atoms with van der Waals surface area (Å²) in [6.07, 6.45) is 8.66. The molecule has 0 amide bonds. The summed E-state index contributed by atoms with van der Waals surface area (Å²) < 4.78 is 0. The molecule has 0 aromatic carbocycles. The van der Waals surface area contributed by atoms with Gasteiger partial charge in [-0.3, -0.25) is 0 Å². The summed E-state index contributed by atoms with van der Waals surface area (Å²) in [5.41, 5.74) is 0. The second kappa shape index (κ2) is 19.3. The van der Waals surface area contributed by atoms with Crippen LogP contribution in [-0.4, -0.2) is 0 Å². The Morgan fingerprint density at radius 2 is 1.47 bits per heavy atom. The summed E-state index contributed by atoms with van der Waals surface area (Å²) in [4.78, 5) is 0. The van der Waals surface area contributed by atoms with E-state index in [2.05, 4.69) is 41.0 Å². The van der Waals surface area contributed by atoms with Crippen LogP contribution in [0.4, 0.5) is 0 Å². The molecule has 0 aliphatic carbocycles. The summed E-state index contributed by atoms with van der Waals surface area (Å²) in [6.45, 7) is 11.4. The molecule has 0 bridgehead atoms. The first-order chi connectivity index (χ1) is 6.60. The minimum Gasteiger partial charge on any atom is -0.360 e. The molecule has 1 atom stereocenters. The Balaban J connectivity index is -0.000000282. The minimum atomic E-state index is 0. The van der Waals surface area contributed by atoms with Crippen LogP contribution in [-0.2, 0) is 98.1 Å². The van der Waals surface area contributed by atoms with E-state index in [1.807, 2.05) is 0 Å². The third-order valence-corrected chi connectivity index (χ3v) is 2.62. The molecule has 0 saturated heterocycles. The first kappa shape index (κ1) is 28.5. The fourth-order valence-electron chi connectivity index (χ4n) is 2.22. The molecule has 1 unspecified atom stereocenters. The number of hydrogen-bond acceptors (Lipinski definition) is 0. The van der Waals surface area contributed by atoms with Crippen molar-refractivity contribution in [2.45, 2.75) is 66.7 Å². The van der Waals surface area contributed by atoms with Crippen molar-refractivity contribution >= 4 is 0 Å². The number of rotatable bonds is 8. The van der Waals surface area contributed by atoms with E-state index in [0.717, 1.165) is 5.92 Å². The van der Waals surface area contributed by atoms with Crippen molar-refractivity contribution < 1.29 is 98.1 Å². The van der Waals surface area contributed by atoms with E-state index < -0.39 is 0 Å². The fraction of sp³-hybridized carbons (Fsp3) is 0.786. The van der Waals surface area contributed by atoms with Gasteiger partial charge in [0.05, 0.1) is 0 Å². The monoisotopic (exact) mass is 462 g/mol. The first-order valence-corrected chi connectivity index (χ1v) is 6.00. The third kappa shape index (κ3) is 19.3.